The van der Waals surface area contributed by atoms with Crippen molar-refractivity contribution in [2.75, 3.05) is 12.3 Å². The van der Waals surface area contributed by atoms with Gasteiger partial charge in [0.2, 0.25) is 0 Å². The number of ether oxygens (including phenoxy) is 1. The normalized spacial score (nSPS) is 14.3. The quantitative estimate of drug-likeness (QED) is 0.632. The Morgan fingerprint density at radius 3 is 2.55 bits per heavy atom. The highest BCUT2D eigenvalue weighted by atomic mass is 19.1. The number of rotatable bonds is 4. The van der Waals surface area contributed by atoms with Crippen LogP contribution in [0.25, 0.3) is 0 Å². The molecule has 0 aliphatic carbocycles. The molecule has 0 bridgehead atoms. The maximum Gasteiger partial charge on any atom is 0.407 e. The van der Waals surface area contributed by atoms with Crippen molar-refractivity contribution in [3.8, 4) is 0 Å². The van der Waals surface area contributed by atoms with Crippen molar-refractivity contribution < 1.29 is 24.1 Å². The van der Waals surface area contributed by atoms with Gasteiger partial charge < -0.3 is 26.0 Å². The van der Waals surface area contributed by atoms with Crippen LogP contribution < -0.4 is 11.1 Å². The molecule has 124 valence electrons. The van der Waals surface area contributed by atoms with Crippen molar-refractivity contribution >= 4 is 11.8 Å². The predicted molar refractivity (Wildman–Crippen MR) is 80.8 cm³/mol. The molecule has 2 unspecified atom stereocenters. The van der Waals surface area contributed by atoms with Crippen LogP contribution in [0.5, 0.6) is 0 Å². The van der Waals surface area contributed by atoms with Gasteiger partial charge in [0.05, 0.1) is 0 Å². The largest absolute Gasteiger partial charge is 0.444 e. The topological polar surface area (TPSA) is 105 Å². The lowest BCUT2D eigenvalue weighted by molar-refractivity contribution is 0.0125. The van der Waals surface area contributed by atoms with Crippen LogP contribution in [0.15, 0.2) is 12.1 Å². The first kappa shape index (κ1) is 18.2. The molecule has 1 amide bonds. The number of nitrogens with one attached hydrogen (secondary N) is 1. The number of nitrogens with two attached hydrogens (primary N) is 1. The standard InChI is InChI=1S/C15H23FN2O4/c1-8-10(5-9(16)6-11(8)17)13(20)12(19)7-18-14(21)22-15(2,3)4/h5-6,12-13,19-20H,7,17H2,1-4H3,(H,18,21). The number of hydrogen-bond acceptors (Lipinski definition) is 5. The highest BCUT2D eigenvalue weighted by Gasteiger charge is 2.23. The lowest BCUT2D eigenvalue weighted by atomic mass is 9.98. The van der Waals surface area contributed by atoms with Crippen molar-refractivity contribution in [2.45, 2.75) is 45.5 Å². The number of aliphatic hydroxyl groups is 2. The third-order valence-corrected chi connectivity index (χ3v) is 2.99. The summed E-state index contributed by atoms with van der Waals surface area (Å²) >= 11 is 0. The summed E-state index contributed by atoms with van der Waals surface area (Å²) in [5, 5.41) is 22.4. The molecule has 0 aliphatic heterocycles. The van der Waals surface area contributed by atoms with Crippen LogP contribution in [0.3, 0.4) is 0 Å². The van der Waals surface area contributed by atoms with E-state index in [2.05, 4.69) is 5.32 Å². The zero-order valence-electron chi connectivity index (χ0n) is 13.2. The average Bonchev–Trinajstić information content (AvgIpc) is 2.37. The van der Waals surface area contributed by atoms with Crippen molar-refractivity contribution in [3.05, 3.63) is 29.1 Å². The Labute approximate surface area is 129 Å². The first-order valence-electron chi connectivity index (χ1n) is 6.89. The Balaban J connectivity index is 2.70. The number of alkyl carbamates (subject to hydrolysis) is 1. The van der Waals surface area contributed by atoms with Gasteiger partial charge in [-0.15, -0.1) is 0 Å². The average molecular weight is 314 g/mol. The molecule has 1 aromatic carbocycles. The molecule has 0 radical (unpaired) electrons. The fourth-order valence-electron chi connectivity index (χ4n) is 1.85. The second kappa shape index (κ2) is 6.93. The minimum atomic E-state index is -1.38. The van der Waals surface area contributed by atoms with Gasteiger partial charge in [0.15, 0.2) is 0 Å². The number of amides is 1. The first-order chi connectivity index (χ1) is 10.0. The van der Waals surface area contributed by atoms with E-state index in [1.165, 1.54) is 0 Å². The highest BCUT2D eigenvalue weighted by molar-refractivity contribution is 5.67. The third-order valence-electron chi connectivity index (χ3n) is 2.99. The SMILES string of the molecule is Cc1c(N)cc(F)cc1C(O)C(O)CNC(=O)OC(C)(C)C. The summed E-state index contributed by atoms with van der Waals surface area (Å²) in [5.74, 6) is -0.607. The molecule has 0 saturated heterocycles. The van der Waals surface area contributed by atoms with Gasteiger partial charge in [-0.2, -0.15) is 0 Å². The fraction of sp³-hybridized carbons (Fsp3) is 0.533. The second-order valence-corrected chi connectivity index (χ2v) is 6.10. The molecule has 0 saturated carbocycles. The highest BCUT2D eigenvalue weighted by Crippen LogP contribution is 2.26. The van der Waals surface area contributed by atoms with Crippen molar-refractivity contribution in [1.82, 2.24) is 5.32 Å². The van der Waals surface area contributed by atoms with Gasteiger partial charge in [-0.25, -0.2) is 9.18 Å². The molecule has 0 spiro atoms. The van der Waals surface area contributed by atoms with Crippen LogP contribution in [0, 0.1) is 12.7 Å². The molecule has 1 aromatic rings. The summed E-state index contributed by atoms with van der Waals surface area (Å²) in [6.45, 7) is 6.48. The zero-order chi connectivity index (χ0) is 17.1. The molecule has 6 nitrogen and oxygen atoms in total. The maximum atomic E-state index is 13.4. The van der Waals surface area contributed by atoms with E-state index in [1.807, 2.05) is 0 Å². The molecular formula is C15H23FN2O4. The molecule has 5 N–H and O–H groups in total. The van der Waals surface area contributed by atoms with Gasteiger partial charge >= 0.3 is 6.09 Å². The van der Waals surface area contributed by atoms with E-state index in [0.29, 0.717) is 5.56 Å². The summed E-state index contributed by atoms with van der Waals surface area (Å²) in [7, 11) is 0. The molecule has 2 atom stereocenters. The summed E-state index contributed by atoms with van der Waals surface area (Å²) in [4.78, 5) is 11.5. The maximum absolute atomic E-state index is 13.4. The van der Waals surface area contributed by atoms with E-state index in [4.69, 9.17) is 10.5 Å². The first-order valence-corrected chi connectivity index (χ1v) is 6.89. The summed E-state index contributed by atoms with van der Waals surface area (Å²) < 4.78 is 18.4. The molecule has 1 rings (SSSR count). The molecule has 7 heteroatoms. The molecule has 0 heterocycles. The molecule has 22 heavy (non-hydrogen) atoms. The van der Waals surface area contributed by atoms with Crippen LogP contribution >= 0.6 is 0 Å². The monoisotopic (exact) mass is 314 g/mol. The van der Waals surface area contributed by atoms with Crippen LogP contribution in [0.2, 0.25) is 0 Å². The third kappa shape index (κ3) is 5.16. The van der Waals surface area contributed by atoms with E-state index in [0.717, 1.165) is 12.1 Å². The lowest BCUT2D eigenvalue weighted by Crippen LogP contribution is -2.39. The Hall–Kier alpha value is -1.86. The van der Waals surface area contributed by atoms with Crippen LogP contribution in [0.1, 0.15) is 38.0 Å². The Morgan fingerprint density at radius 1 is 1.41 bits per heavy atom. The van der Waals surface area contributed by atoms with E-state index in [1.54, 1.807) is 27.7 Å². The van der Waals surface area contributed by atoms with E-state index in [-0.39, 0.29) is 17.8 Å². The Kier molecular flexibility index (Phi) is 5.73. The molecule has 0 aliphatic rings. The number of halogens is 1. The van der Waals surface area contributed by atoms with E-state index >= 15 is 0 Å². The number of carbonyl (C=O) groups excluding carboxylic acids is 1. The summed E-state index contributed by atoms with van der Waals surface area (Å²) in [6, 6.07) is 2.24. The zero-order valence-corrected chi connectivity index (χ0v) is 13.2. The number of anilines is 1. The number of hydrogen-bond donors (Lipinski definition) is 4. The van der Waals surface area contributed by atoms with Crippen LogP contribution in [0.4, 0.5) is 14.9 Å². The Morgan fingerprint density at radius 2 is 2.00 bits per heavy atom. The van der Waals surface area contributed by atoms with E-state index in [9.17, 15) is 19.4 Å². The summed E-state index contributed by atoms with van der Waals surface area (Å²) in [6.07, 6.45) is -3.42. The number of aliphatic hydroxyl groups excluding tert-OH is 2. The number of nitrogen functional groups attached to an aromatic ring is 1. The second-order valence-electron chi connectivity index (χ2n) is 6.10. The Bertz CT molecular complexity index is 543. The minimum Gasteiger partial charge on any atom is -0.444 e. The van der Waals surface area contributed by atoms with Gasteiger partial charge in [0.25, 0.3) is 0 Å². The van der Waals surface area contributed by atoms with Gasteiger partial charge in [0.1, 0.15) is 23.6 Å². The number of benzene rings is 1. The van der Waals surface area contributed by atoms with Gasteiger partial charge in [-0.1, -0.05) is 0 Å². The predicted octanol–water partition coefficient (Wildman–Crippen LogP) is 1.64. The fourth-order valence-corrected chi connectivity index (χ4v) is 1.85. The van der Waals surface area contributed by atoms with Crippen LogP contribution in [-0.2, 0) is 4.74 Å². The summed E-state index contributed by atoms with van der Waals surface area (Å²) in [5.41, 5.74) is 5.80. The van der Waals surface area contributed by atoms with Crippen LogP contribution in [-0.4, -0.2) is 34.6 Å². The van der Waals surface area contributed by atoms with Crippen molar-refractivity contribution in [1.29, 1.82) is 0 Å². The van der Waals surface area contributed by atoms with Crippen molar-refractivity contribution in [2.24, 2.45) is 0 Å². The van der Waals surface area contributed by atoms with Crippen molar-refractivity contribution in [3.63, 3.8) is 0 Å². The van der Waals surface area contributed by atoms with Gasteiger partial charge in [-0.05, 0) is 51.0 Å². The smallest absolute Gasteiger partial charge is 0.407 e. The van der Waals surface area contributed by atoms with Gasteiger partial charge in [0, 0.05) is 12.2 Å². The lowest BCUT2D eigenvalue weighted by Gasteiger charge is -2.23. The van der Waals surface area contributed by atoms with E-state index < -0.39 is 29.7 Å². The number of carbonyl (C=O) groups is 1. The minimum absolute atomic E-state index is 0.177. The molecular weight excluding hydrogens is 291 g/mol. The molecule has 0 aromatic heterocycles. The van der Waals surface area contributed by atoms with Gasteiger partial charge in [-0.3, -0.25) is 0 Å². The molecule has 0 fully saturated rings.